The number of nitro benzene ring substituents is 1. The summed E-state index contributed by atoms with van der Waals surface area (Å²) in [5.74, 6) is 1.03. The molecular weight excluding hydrogens is 304 g/mol. The molecule has 2 aromatic rings. The number of hydrogen-bond acceptors (Lipinski definition) is 6. The van der Waals surface area contributed by atoms with E-state index in [2.05, 4.69) is 15.3 Å². The van der Waals surface area contributed by atoms with Crippen LogP contribution in [-0.4, -0.2) is 37.9 Å². The molecule has 1 unspecified atom stereocenters. The van der Waals surface area contributed by atoms with Crippen LogP contribution in [-0.2, 0) is 10.8 Å². The highest BCUT2D eigenvalue weighted by atomic mass is 32.2. The molecule has 3 rings (SSSR count). The average Bonchev–Trinajstić information content (AvgIpc) is 2.54. The number of nitro groups is 1. The fourth-order valence-electron chi connectivity index (χ4n) is 2.55. The summed E-state index contributed by atoms with van der Waals surface area (Å²) in [6.45, 7) is 1.93. The molecule has 1 aromatic carbocycles. The van der Waals surface area contributed by atoms with Gasteiger partial charge in [0.1, 0.15) is 5.03 Å². The minimum Gasteiger partial charge on any atom is -0.317 e. The van der Waals surface area contributed by atoms with Crippen LogP contribution in [0.1, 0.15) is 12.8 Å². The average molecular weight is 320 g/mol. The van der Waals surface area contributed by atoms with E-state index >= 15 is 0 Å². The second-order valence-corrected chi connectivity index (χ2v) is 6.79. The molecule has 1 atom stereocenters. The number of nitrogens with zero attached hydrogens (tertiary/aromatic N) is 3. The van der Waals surface area contributed by atoms with Gasteiger partial charge in [-0.25, -0.2) is 4.98 Å². The summed E-state index contributed by atoms with van der Waals surface area (Å²) in [6, 6.07) is 4.31. The first kappa shape index (κ1) is 15.0. The molecule has 8 heteroatoms. The maximum Gasteiger partial charge on any atom is 0.271 e. The summed E-state index contributed by atoms with van der Waals surface area (Å²) in [6.07, 6.45) is 3.52. The molecular formula is C14H16N4O3S. The van der Waals surface area contributed by atoms with Gasteiger partial charge in [-0.1, -0.05) is 0 Å². The first-order valence-electron chi connectivity index (χ1n) is 7.14. The first-order chi connectivity index (χ1) is 10.6. The largest absolute Gasteiger partial charge is 0.317 e. The predicted octanol–water partition coefficient (Wildman–Crippen LogP) is 1.65. The van der Waals surface area contributed by atoms with Crippen molar-refractivity contribution < 1.29 is 9.13 Å². The van der Waals surface area contributed by atoms with Crippen LogP contribution in [0.15, 0.2) is 29.4 Å². The number of aromatic nitrogens is 2. The number of benzene rings is 1. The SMILES string of the molecule is O=[N+]([O-])c1ccc2nc(S(=O)CC3CCNCC3)cnc2c1. The molecule has 1 saturated heterocycles. The number of piperidine rings is 1. The molecule has 1 aliphatic heterocycles. The van der Waals surface area contributed by atoms with Crippen molar-refractivity contribution >= 4 is 27.5 Å². The van der Waals surface area contributed by atoms with Gasteiger partial charge in [0.2, 0.25) is 0 Å². The number of non-ortho nitro benzene ring substituents is 1. The molecule has 2 heterocycles. The van der Waals surface area contributed by atoms with Crippen molar-refractivity contribution in [1.82, 2.24) is 15.3 Å². The summed E-state index contributed by atoms with van der Waals surface area (Å²) in [5, 5.41) is 14.5. The Hall–Kier alpha value is -1.93. The minimum atomic E-state index is -1.19. The number of rotatable bonds is 4. The van der Waals surface area contributed by atoms with E-state index in [4.69, 9.17) is 0 Å². The van der Waals surface area contributed by atoms with Crippen molar-refractivity contribution in [2.75, 3.05) is 18.8 Å². The van der Waals surface area contributed by atoms with E-state index in [0.717, 1.165) is 25.9 Å². The van der Waals surface area contributed by atoms with Crippen molar-refractivity contribution in [3.63, 3.8) is 0 Å². The third-order valence-electron chi connectivity index (χ3n) is 3.79. The van der Waals surface area contributed by atoms with Gasteiger partial charge < -0.3 is 5.32 Å². The standard InChI is InChI=1S/C14H16N4O3S/c19-18(20)11-1-2-12-13(7-11)16-8-14(17-12)22(21)9-10-3-5-15-6-4-10/h1-2,7-8,10,15H,3-6,9H2. The van der Waals surface area contributed by atoms with E-state index in [1.54, 1.807) is 6.07 Å². The monoisotopic (exact) mass is 320 g/mol. The van der Waals surface area contributed by atoms with Crippen LogP contribution in [0.4, 0.5) is 5.69 Å². The summed E-state index contributed by atoms with van der Waals surface area (Å²) < 4.78 is 12.4. The third kappa shape index (κ3) is 3.28. The molecule has 22 heavy (non-hydrogen) atoms. The summed E-state index contributed by atoms with van der Waals surface area (Å²) in [7, 11) is -1.19. The lowest BCUT2D eigenvalue weighted by Crippen LogP contribution is -2.30. The zero-order valence-corrected chi connectivity index (χ0v) is 12.7. The van der Waals surface area contributed by atoms with E-state index in [1.165, 1.54) is 18.3 Å². The summed E-state index contributed by atoms with van der Waals surface area (Å²) in [5.41, 5.74) is 0.948. The van der Waals surface area contributed by atoms with Gasteiger partial charge in [0, 0.05) is 17.9 Å². The van der Waals surface area contributed by atoms with Crippen LogP contribution in [0.5, 0.6) is 0 Å². The molecule has 0 aliphatic carbocycles. The zero-order valence-electron chi connectivity index (χ0n) is 11.9. The Kier molecular flexibility index (Phi) is 4.39. The lowest BCUT2D eigenvalue weighted by Gasteiger charge is -2.21. The molecule has 0 bridgehead atoms. The van der Waals surface area contributed by atoms with Crippen LogP contribution in [0, 0.1) is 16.0 Å². The van der Waals surface area contributed by atoms with Crippen LogP contribution in [0.3, 0.4) is 0 Å². The maximum absolute atomic E-state index is 12.4. The lowest BCUT2D eigenvalue weighted by atomic mass is 10.0. The van der Waals surface area contributed by atoms with Crippen molar-refractivity contribution in [3.05, 3.63) is 34.5 Å². The molecule has 116 valence electrons. The molecule has 1 aromatic heterocycles. The number of hydrogen-bond donors (Lipinski definition) is 1. The molecule has 0 spiro atoms. The van der Waals surface area contributed by atoms with E-state index in [1.807, 2.05) is 0 Å². The maximum atomic E-state index is 12.4. The van der Waals surface area contributed by atoms with Gasteiger partial charge in [-0.15, -0.1) is 0 Å². The van der Waals surface area contributed by atoms with E-state index in [0.29, 0.717) is 27.7 Å². The van der Waals surface area contributed by atoms with Crippen LogP contribution in [0.2, 0.25) is 0 Å². The Morgan fingerprint density at radius 2 is 2.09 bits per heavy atom. The predicted molar refractivity (Wildman–Crippen MR) is 83.1 cm³/mol. The quantitative estimate of drug-likeness (QED) is 0.679. The van der Waals surface area contributed by atoms with E-state index < -0.39 is 15.7 Å². The highest BCUT2D eigenvalue weighted by Crippen LogP contribution is 2.20. The Balaban J connectivity index is 1.80. The molecule has 0 saturated carbocycles. The summed E-state index contributed by atoms with van der Waals surface area (Å²) >= 11 is 0. The van der Waals surface area contributed by atoms with E-state index in [-0.39, 0.29) is 5.69 Å². The van der Waals surface area contributed by atoms with Gasteiger partial charge >= 0.3 is 0 Å². The Labute approximate surface area is 129 Å². The third-order valence-corrected chi connectivity index (χ3v) is 5.23. The molecule has 1 N–H and O–H groups in total. The van der Waals surface area contributed by atoms with E-state index in [9.17, 15) is 14.3 Å². The van der Waals surface area contributed by atoms with Crippen molar-refractivity contribution in [1.29, 1.82) is 0 Å². The first-order valence-corrected chi connectivity index (χ1v) is 8.45. The molecule has 1 aliphatic rings. The van der Waals surface area contributed by atoms with Crippen molar-refractivity contribution in [3.8, 4) is 0 Å². The van der Waals surface area contributed by atoms with Gasteiger partial charge in [-0.3, -0.25) is 19.3 Å². The Morgan fingerprint density at radius 3 is 2.82 bits per heavy atom. The topological polar surface area (TPSA) is 98.0 Å². The van der Waals surface area contributed by atoms with Crippen molar-refractivity contribution in [2.45, 2.75) is 17.9 Å². The normalized spacial score (nSPS) is 17.5. The zero-order chi connectivity index (χ0) is 15.5. The molecule has 0 radical (unpaired) electrons. The van der Waals surface area contributed by atoms with Crippen LogP contribution in [0.25, 0.3) is 11.0 Å². The second-order valence-electron chi connectivity index (χ2n) is 5.34. The van der Waals surface area contributed by atoms with Gasteiger partial charge in [-0.2, -0.15) is 0 Å². The summed E-state index contributed by atoms with van der Waals surface area (Å²) in [4.78, 5) is 18.8. The lowest BCUT2D eigenvalue weighted by molar-refractivity contribution is -0.384. The molecule has 1 fully saturated rings. The Bertz CT molecular complexity index is 731. The van der Waals surface area contributed by atoms with Crippen LogP contribution >= 0.6 is 0 Å². The van der Waals surface area contributed by atoms with Gasteiger partial charge in [-0.05, 0) is 37.9 Å². The second kappa shape index (κ2) is 6.45. The highest BCUT2D eigenvalue weighted by molar-refractivity contribution is 7.84. The number of nitrogens with one attached hydrogen (secondary N) is 1. The minimum absolute atomic E-state index is 0.0228. The molecule has 0 amide bonds. The number of fused-ring (bicyclic) bond motifs is 1. The van der Waals surface area contributed by atoms with Gasteiger partial charge in [0.15, 0.2) is 0 Å². The van der Waals surface area contributed by atoms with Gasteiger partial charge in [0.25, 0.3) is 5.69 Å². The van der Waals surface area contributed by atoms with Crippen LogP contribution < -0.4 is 5.32 Å². The smallest absolute Gasteiger partial charge is 0.271 e. The van der Waals surface area contributed by atoms with Crippen molar-refractivity contribution in [2.24, 2.45) is 5.92 Å². The van der Waals surface area contributed by atoms with Gasteiger partial charge in [0.05, 0.1) is 33.0 Å². The fraction of sp³-hybridized carbons (Fsp3) is 0.429. The Morgan fingerprint density at radius 1 is 1.32 bits per heavy atom. The molecule has 7 nitrogen and oxygen atoms in total. The fourth-order valence-corrected chi connectivity index (χ4v) is 3.86. The highest BCUT2D eigenvalue weighted by Gasteiger charge is 2.18.